The number of hydrazone groups is 1. The topological polar surface area (TPSA) is 117 Å². The van der Waals surface area contributed by atoms with E-state index < -0.39 is 12.0 Å². The fourth-order valence-corrected chi connectivity index (χ4v) is 5.25. The summed E-state index contributed by atoms with van der Waals surface area (Å²) in [7, 11) is 1.82. The number of ether oxygens (including phenoxy) is 1. The summed E-state index contributed by atoms with van der Waals surface area (Å²) in [5, 5.41) is 6.47. The van der Waals surface area contributed by atoms with Crippen molar-refractivity contribution in [2.75, 3.05) is 23.8 Å². The molecular formula is C35H35N5O4. The maximum Gasteiger partial charge on any atom is 0.308 e. The molecule has 1 heterocycles. The Balaban J connectivity index is 1.36. The second kappa shape index (κ2) is 14.2. The molecule has 4 aromatic carbocycles. The second-order valence-corrected chi connectivity index (χ2v) is 10.7. The zero-order valence-electron chi connectivity index (χ0n) is 24.6. The van der Waals surface area contributed by atoms with Gasteiger partial charge in [0.2, 0.25) is 5.91 Å². The maximum atomic E-state index is 14.0. The van der Waals surface area contributed by atoms with Crippen molar-refractivity contribution < 1.29 is 19.1 Å². The van der Waals surface area contributed by atoms with Crippen LogP contribution in [0.2, 0.25) is 0 Å². The van der Waals surface area contributed by atoms with E-state index in [0.29, 0.717) is 30.8 Å². The summed E-state index contributed by atoms with van der Waals surface area (Å²) in [6.45, 7) is 0.948. The number of nitrogens with two attached hydrogens (primary N) is 1. The molecule has 2 amide bonds. The van der Waals surface area contributed by atoms with Gasteiger partial charge < -0.3 is 25.7 Å². The summed E-state index contributed by atoms with van der Waals surface area (Å²) in [6.07, 6.45) is 2.08. The quantitative estimate of drug-likeness (QED) is 0.119. The lowest BCUT2D eigenvalue weighted by Crippen LogP contribution is -2.46. The van der Waals surface area contributed by atoms with Crippen molar-refractivity contribution >= 4 is 35.4 Å². The van der Waals surface area contributed by atoms with Gasteiger partial charge in [0.15, 0.2) is 0 Å². The summed E-state index contributed by atoms with van der Waals surface area (Å²) < 4.78 is 5.55. The molecule has 1 unspecified atom stereocenters. The molecule has 0 bridgehead atoms. The summed E-state index contributed by atoms with van der Waals surface area (Å²) in [4.78, 5) is 43.6. The van der Waals surface area contributed by atoms with Crippen molar-refractivity contribution in [2.24, 2.45) is 10.9 Å². The molecule has 0 saturated carbocycles. The Labute approximate surface area is 256 Å². The number of esters is 1. The van der Waals surface area contributed by atoms with Crippen molar-refractivity contribution in [3.8, 4) is 0 Å². The van der Waals surface area contributed by atoms with Crippen LogP contribution in [0.4, 0.5) is 11.4 Å². The minimum atomic E-state index is -0.744. The molecule has 0 aliphatic carbocycles. The van der Waals surface area contributed by atoms with Gasteiger partial charge in [-0.3, -0.25) is 14.4 Å². The average molecular weight is 590 g/mol. The molecule has 1 atom stereocenters. The normalized spacial score (nSPS) is 14.7. The number of hydrogen-bond donors (Lipinski definition) is 2. The molecule has 44 heavy (non-hydrogen) atoms. The van der Waals surface area contributed by atoms with E-state index in [4.69, 9.17) is 10.6 Å². The highest BCUT2D eigenvalue weighted by Gasteiger charge is 2.35. The average Bonchev–Trinajstić information content (AvgIpc) is 3.14. The Kier molecular flexibility index (Phi) is 9.66. The van der Waals surface area contributed by atoms with Crippen LogP contribution in [0.5, 0.6) is 0 Å². The second-order valence-electron chi connectivity index (χ2n) is 10.7. The zero-order valence-corrected chi connectivity index (χ0v) is 24.6. The minimum absolute atomic E-state index is 0.0905. The first kappa shape index (κ1) is 30.0. The molecule has 5 rings (SSSR count). The summed E-state index contributed by atoms with van der Waals surface area (Å²) >= 11 is 0. The van der Waals surface area contributed by atoms with Gasteiger partial charge in [-0.05, 0) is 59.0 Å². The maximum absolute atomic E-state index is 14.0. The van der Waals surface area contributed by atoms with Crippen LogP contribution < -0.4 is 16.1 Å². The number of benzene rings is 4. The minimum Gasteiger partial charge on any atom is -0.461 e. The van der Waals surface area contributed by atoms with Crippen molar-refractivity contribution in [1.82, 2.24) is 4.90 Å². The SMILES string of the molecule is CN1c2ccc(NC(=O)c3ccc(C=NN)cc3)cc2CN(CCc2ccccc2)C(=O)C1CC(=O)OCc1ccccc1. The molecule has 0 aromatic heterocycles. The van der Waals surface area contributed by atoms with Crippen LogP contribution in [0.25, 0.3) is 0 Å². The molecule has 0 saturated heterocycles. The molecule has 9 nitrogen and oxygen atoms in total. The third-order valence-electron chi connectivity index (χ3n) is 7.66. The third kappa shape index (κ3) is 7.49. The summed E-state index contributed by atoms with van der Waals surface area (Å²) in [5.41, 5.74) is 5.54. The van der Waals surface area contributed by atoms with Gasteiger partial charge in [0.1, 0.15) is 12.6 Å². The van der Waals surface area contributed by atoms with Crippen LogP contribution in [-0.4, -0.2) is 48.5 Å². The molecule has 1 aliphatic heterocycles. The Morgan fingerprint density at radius 3 is 2.32 bits per heavy atom. The van der Waals surface area contributed by atoms with Crippen LogP contribution >= 0.6 is 0 Å². The predicted octanol–water partition coefficient (Wildman–Crippen LogP) is 4.75. The van der Waals surface area contributed by atoms with E-state index in [9.17, 15) is 14.4 Å². The van der Waals surface area contributed by atoms with Gasteiger partial charge in [-0.2, -0.15) is 5.10 Å². The van der Waals surface area contributed by atoms with Gasteiger partial charge in [0, 0.05) is 37.1 Å². The largest absolute Gasteiger partial charge is 0.461 e. The van der Waals surface area contributed by atoms with E-state index in [0.717, 1.165) is 27.9 Å². The van der Waals surface area contributed by atoms with Gasteiger partial charge in [-0.25, -0.2) is 0 Å². The van der Waals surface area contributed by atoms with Gasteiger partial charge in [-0.15, -0.1) is 0 Å². The van der Waals surface area contributed by atoms with E-state index in [1.54, 1.807) is 35.2 Å². The first-order chi connectivity index (χ1) is 21.4. The first-order valence-corrected chi connectivity index (χ1v) is 14.4. The Bertz CT molecular complexity index is 1620. The standard InChI is InChI=1S/C35H35N5O4/c1-39-31-17-16-30(38-34(42)28-14-12-26(13-15-28)22-37-36)20-29(31)23-40(19-18-25-8-4-2-5-9-25)35(43)32(39)21-33(41)44-24-27-10-6-3-7-11-27/h2-17,20,22,32H,18-19,21,23-24,36H2,1H3,(H,38,42). The molecule has 3 N–H and O–H groups in total. The summed E-state index contributed by atoms with van der Waals surface area (Å²) in [5.74, 6) is 4.35. The highest BCUT2D eigenvalue weighted by molar-refractivity contribution is 6.04. The fraction of sp³-hybridized carbons (Fsp3) is 0.200. The van der Waals surface area contributed by atoms with Gasteiger partial charge in [0.25, 0.3) is 5.91 Å². The zero-order chi connectivity index (χ0) is 30.9. The lowest BCUT2D eigenvalue weighted by atomic mass is 10.1. The van der Waals surface area contributed by atoms with Crippen molar-refractivity contribution in [3.63, 3.8) is 0 Å². The highest BCUT2D eigenvalue weighted by Crippen LogP contribution is 2.31. The third-order valence-corrected chi connectivity index (χ3v) is 7.66. The Morgan fingerprint density at radius 2 is 1.64 bits per heavy atom. The number of likely N-dealkylation sites (N-methyl/N-ethyl adjacent to an activating group) is 1. The van der Waals surface area contributed by atoms with E-state index in [1.807, 2.05) is 84.7 Å². The van der Waals surface area contributed by atoms with Crippen LogP contribution in [0, 0.1) is 0 Å². The van der Waals surface area contributed by atoms with Crippen molar-refractivity contribution in [3.05, 3.63) is 131 Å². The van der Waals surface area contributed by atoms with E-state index in [2.05, 4.69) is 10.4 Å². The van der Waals surface area contributed by atoms with Crippen LogP contribution in [0.15, 0.2) is 108 Å². The van der Waals surface area contributed by atoms with Gasteiger partial charge in [0.05, 0.1) is 12.6 Å². The van der Waals surface area contributed by atoms with Crippen LogP contribution in [-0.2, 0) is 33.9 Å². The summed E-state index contributed by atoms with van der Waals surface area (Å²) in [6, 6.07) is 31.2. The number of amides is 2. The van der Waals surface area contributed by atoms with Crippen molar-refractivity contribution in [2.45, 2.75) is 32.0 Å². The molecular weight excluding hydrogens is 554 g/mol. The molecule has 1 aliphatic rings. The van der Waals surface area contributed by atoms with Gasteiger partial charge in [-0.1, -0.05) is 72.8 Å². The Morgan fingerprint density at radius 1 is 0.955 bits per heavy atom. The van der Waals surface area contributed by atoms with Crippen LogP contribution in [0.1, 0.15) is 39.0 Å². The van der Waals surface area contributed by atoms with E-state index in [-0.39, 0.29) is 24.8 Å². The Hall–Kier alpha value is -5.44. The monoisotopic (exact) mass is 589 g/mol. The number of carbonyl (C=O) groups is 3. The smallest absolute Gasteiger partial charge is 0.308 e. The number of rotatable bonds is 10. The lowest BCUT2D eigenvalue weighted by molar-refractivity contribution is -0.148. The number of nitrogens with one attached hydrogen (secondary N) is 1. The van der Waals surface area contributed by atoms with E-state index in [1.165, 1.54) is 6.21 Å². The molecule has 0 fully saturated rings. The molecule has 224 valence electrons. The fourth-order valence-electron chi connectivity index (χ4n) is 5.25. The number of carbonyl (C=O) groups excluding carboxylic acids is 3. The molecule has 0 spiro atoms. The number of nitrogens with zero attached hydrogens (tertiary/aromatic N) is 3. The molecule has 4 aromatic rings. The van der Waals surface area contributed by atoms with Crippen LogP contribution in [0.3, 0.4) is 0 Å². The number of anilines is 2. The molecule has 0 radical (unpaired) electrons. The number of fused-ring (bicyclic) bond motifs is 1. The molecule has 9 heteroatoms. The predicted molar refractivity (Wildman–Crippen MR) is 171 cm³/mol. The first-order valence-electron chi connectivity index (χ1n) is 14.4. The highest BCUT2D eigenvalue weighted by atomic mass is 16.5. The number of hydrogen-bond acceptors (Lipinski definition) is 7. The van der Waals surface area contributed by atoms with Crippen molar-refractivity contribution in [1.29, 1.82) is 0 Å². The van der Waals surface area contributed by atoms with E-state index >= 15 is 0 Å². The lowest BCUT2D eigenvalue weighted by Gasteiger charge is -2.29. The van der Waals surface area contributed by atoms with Gasteiger partial charge >= 0.3 is 5.97 Å².